The molecule has 1 atom stereocenters. The Balaban J connectivity index is 1.33. The van der Waals surface area contributed by atoms with Gasteiger partial charge in [-0.25, -0.2) is 9.37 Å². The van der Waals surface area contributed by atoms with Gasteiger partial charge in [-0.05, 0) is 42.3 Å². The fourth-order valence-electron chi connectivity index (χ4n) is 3.76. The molecule has 0 saturated carbocycles. The summed E-state index contributed by atoms with van der Waals surface area (Å²) < 4.78 is 24.7. The summed E-state index contributed by atoms with van der Waals surface area (Å²) in [6.45, 7) is 4.99. The lowest BCUT2D eigenvalue weighted by atomic mass is 10.0. The number of aryl methyl sites for hydroxylation is 1. The number of halogens is 1. The number of aromatic nitrogens is 1. The number of oxazole rings is 1. The molecule has 1 aromatic heterocycles. The Labute approximate surface area is 181 Å². The van der Waals surface area contributed by atoms with Gasteiger partial charge in [0.2, 0.25) is 5.89 Å². The van der Waals surface area contributed by atoms with Gasteiger partial charge in [-0.1, -0.05) is 24.3 Å². The molecule has 0 spiro atoms. The van der Waals surface area contributed by atoms with Crippen LogP contribution in [-0.4, -0.2) is 49.1 Å². The molecule has 4 rings (SSSR count). The Morgan fingerprint density at radius 1 is 1.23 bits per heavy atom. The Morgan fingerprint density at radius 3 is 2.81 bits per heavy atom. The van der Waals surface area contributed by atoms with Gasteiger partial charge in [0.05, 0.1) is 18.8 Å². The maximum absolute atomic E-state index is 13.1. The summed E-state index contributed by atoms with van der Waals surface area (Å²) in [5.41, 5.74) is 4.05. The van der Waals surface area contributed by atoms with Crippen molar-refractivity contribution in [2.75, 3.05) is 33.3 Å². The standard InChI is InChI=1S/C24H27FN4O2/c1-17-5-3-4-6-21(17)22-15-29(13-14-30-22)24(26-2)27-12-11-20-16-31-23(28-20)18-7-9-19(25)10-8-18/h3-10,16,22H,11-15H2,1-2H3,(H,26,27). The number of hydrogen-bond donors (Lipinski definition) is 1. The van der Waals surface area contributed by atoms with Crippen LogP contribution in [0.1, 0.15) is 22.9 Å². The summed E-state index contributed by atoms with van der Waals surface area (Å²) in [6.07, 6.45) is 2.36. The second kappa shape index (κ2) is 9.75. The van der Waals surface area contributed by atoms with Gasteiger partial charge in [0, 0.05) is 32.1 Å². The quantitative estimate of drug-likeness (QED) is 0.498. The molecule has 1 saturated heterocycles. The number of morpholine rings is 1. The van der Waals surface area contributed by atoms with E-state index in [9.17, 15) is 4.39 Å². The molecule has 1 aliphatic rings. The SMILES string of the molecule is CN=C(NCCc1coc(-c2ccc(F)cc2)n1)N1CCOC(c2ccccc2C)C1. The van der Waals surface area contributed by atoms with Crippen LogP contribution in [0.2, 0.25) is 0 Å². The first kappa shape index (κ1) is 21.1. The highest BCUT2D eigenvalue weighted by atomic mass is 19.1. The summed E-state index contributed by atoms with van der Waals surface area (Å²) in [4.78, 5) is 11.2. The van der Waals surface area contributed by atoms with E-state index < -0.39 is 0 Å². The Morgan fingerprint density at radius 2 is 2.03 bits per heavy atom. The molecule has 1 unspecified atom stereocenters. The minimum Gasteiger partial charge on any atom is -0.444 e. The maximum Gasteiger partial charge on any atom is 0.226 e. The van der Waals surface area contributed by atoms with Crippen molar-refractivity contribution in [2.45, 2.75) is 19.4 Å². The average molecular weight is 423 g/mol. The normalized spacial score (nSPS) is 17.1. The summed E-state index contributed by atoms with van der Waals surface area (Å²) >= 11 is 0. The van der Waals surface area contributed by atoms with Crippen molar-refractivity contribution < 1.29 is 13.5 Å². The monoisotopic (exact) mass is 422 g/mol. The van der Waals surface area contributed by atoms with E-state index in [0.717, 1.165) is 30.3 Å². The van der Waals surface area contributed by atoms with Crippen LogP contribution in [0.25, 0.3) is 11.5 Å². The van der Waals surface area contributed by atoms with Gasteiger partial charge >= 0.3 is 0 Å². The molecule has 1 fully saturated rings. The highest BCUT2D eigenvalue weighted by molar-refractivity contribution is 5.80. The van der Waals surface area contributed by atoms with Crippen molar-refractivity contribution in [3.8, 4) is 11.5 Å². The number of benzene rings is 2. The maximum atomic E-state index is 13.1. The smallest absolute Gasteiger partial charge is 0.226 e. The first-order valence-electron chi connectivity index (χ1n) is 10.5. The van der Waals surface area contributed by atoms with E-state index in [1.165, 1.54) is 23.3 Å². The molecule has 0 amide bonds. The van der Waals surface area contributed by atoms with Gasteiger partial charge in [-0.3, -0.25) is 4.99 Å². The van der Waals surface area contributed by atoms with Crippen molar-refractivity contribution in [3.05, 3.63) is 77.4 Å². The fraction of sp³-hybridized carbons (Fsp3) is 0.333. The number of rotatable bonds is 5. The zero-order valence-electron chi connectivity index (χ0n) is 17.8. The van der Waals surface area contributed by atoms with Crippen LogP contribution in [0.15, 0.2) is 64.2 Å². The van der Waals surface area contributed by atoms with Crippen molar-refractivity contribution in [2.24, 2.45) is 4.99 Å². The molecule has 3 aromatic rings. The lowest BCUT2D eigenvalue weighted by Gasteiger charge is -2.35. The minimum atomic E-state index is -0.279. The van der Waals surface area contributed by atoms with Crippen molar-refractivity contribution in [1.82, 2.24) is 15.2 Å². The third-order valence-corrected chi connectivity index (χ3v) is 5.42. The lowest BCUT2D eigenvalue weighted by molar-refractivity contribution is -0.00829. The molecule has 31 heavy (non-hydrogen) atoms. The summed E-state index contributed by atoms with van der Waals surface area (Å²) in [5, 5.41) is 3.42. The van der Waals surface area contributed by atoms with E-state index in [2.05, 4.69) is 45.3 Å². The zero-order valence-corrected chi connectivity index (χ0v) is 17.8. The third-order valence-electron chi connectivity index (χ3n) is 5.42. The molecule has 162 valence electrons. The molecular weight excluding hydrogens is 395 g/mol. The van der Waals surface area contributed by atoms with Crippen LogP contribution < -0.4 is 5.32 Å². The van der Waals surface area contributed by atoms with Gasteiger partial charge in [0.15, 0.2) is 5.96 Å². The van der Waals surface area contributed by atoms with E-state index in [4.69, 9.17) is 9.15 Å². The second-order valence-corrected chi connectivity index (χ2v) is 7.54. The largest absolute Gasteiger partial charge is 0.444 e. The lowest BCUT2D eigenvalue weighted by Crippen LogP contribution is -2.48. The Bertz CT molecular complexity index is 1030. The second-order valence-electron chi connectivity index (χ2n) is 7.54. The van der Waals surface area contributed by atoms with Gasteiger partial charge < -0.3 is 19.4 Å². The summed E-state index contributed by atoms with van der Waals surface area (Å²) in [5.74, 6) is 1.07. The molecule has 1 N–H and O–H groups in total. The van der Waals surface area contributed by atoms with Gasteiger partial charge in [0.1, 0.15) is 18.2 Å². The molecule has 0 aliphatic carbocycles. The fourth-order valence-corrected chi connectivity index (χ4v) is 3.76. The van der Waals surface area contributed by atoms with E-state index in [1.807, 2.05) is 6.07 Å². The zero-order chi connectivity index (χ0) is 21.6. The highest BCUT2D eigenvalue weighted by Crippen LogP contribution is 2.25. The van der Waals surface area contributed by atoms with E-state index in [1.54, 1.807) is 25.4 Å². The Kier molecular flexibility index (Phi) is 6.62. The molecule has 7 heteroatoms. The van der Waals surface area contributed by atoms with Gasteiger partial charge in [-0.15, -0.1) is 0 Å². The topological polar surface area (TPSA) is 62.9 Å². The molecule has 0 radical (unpaired) electrons. The third kappa shape index (κ3) is 5.11. The highest BCUT2D eigenvalue weighted by Gasteiger charge is 2.25. The number of guanidine groups is 1. The predicted octanol–water partition coefficient (Wildman–Crippen LogP) is 3.98. The molecule has 2 aromatic carbocycles. The van der Waals surface area contributed by atoms with Crippen molar-refractivity contribution in [1.29, 1.82) is 0 Å². The van der Waals surface area contributed by atoms with E-state index in [-0.39, 0.29) is 11.9 Å². The average Bonchev–Trinajstić information content (AvgIpc) is 3.26. The van der Waals surface area contributed by atoms with Crippen molar-refractivity contribution in [3.63, 3.8) is 0 Å². The molecule has 1 aliphatic heterocycles. The van der Waals surface area contributed by atoms with Crippen molar-refractivity contribution >= 4 is 5.96 Å². The summed E-state index contributed by atoms with van der Waals surface area (Å²) in [7, 11) is 1.79. The first-order valence-corrected chi connectivity index (χ1v) is 10.5. The van der Waals surface area contributed by atoms with Crippen LogP contribution in [0.5, 0.6) is 0 Å². The molecule has 0 bridgehead atoms. The number of nitrogens with zero attached hydrogens (tertiary/aromatic N) is 3. The predicted molar refractivity (Wildman–Crippen MR) is 118 cm³/mol. The molecule has 6 nitrogen and oxygen atoms in total. The number of aliphatic imine (C=N–C) groups is 1. The Hall–Kier alpha value is -3.19. The van der Waals surface area contributed by atoms with Crippen LogP contribution in [0, 0.1) is 12.7 Å². The van der Waals surface area contributed by atoms with Crippen LogP contribution in [0.3, 0.4) is 0 Å². The van der Waals surface area contributed by atoms with Crippen LogP contribution >= 0.6 is 0 Å². The van der Waals surface area contributed by atoms with Crippen LogP contribution in [0.4, 0.5) is 4.39 Å². The first-order chi connectivity index (χ1) is 15.1. The molecule has 2 heterocycles. The minimum absolute atomic E-state index is 0.0299. The van der Waals surface area contributed by atoms with E-state index >= 15 is 0 Å². The van der Waals surface area contributed by atoms with Gasteiger partial charge in [0.25, 0.3) is 0 Å². The van der Waals surface area contributed by atoms with Crippen LogP contribution in [-0.2, 0) is 11.2 Å². The van der Waals surface area contributed by atoms with Gasteiger partial charge in [-0.2, -0.15) is 0 Å². The number of hydrogen-bond acceptors (Lipinski definition) is 4. The molecular formula is C24H27FN4O2. The summed E-state index contributed by atoms with van der Waals surface area (Å²) in [6, 6.07) is 14.5. The number of nitrogens with one attached hydrogen (secondary N) is 1. The number of ether oxygens (including phenoxy) is 1. The van der Waals surface area contributed by atoms with E-state index in [0.29, 0.717) is 25.5 Å².